The van der Waals surface area contributed by atoms with Gasteiger partial charge in [0.2, 0.25) is 5.95 Å². The largest absolute Gasteiger partial charge is 0.350 e. The zero-order valence-corrected chi connectivity index (χ0v) is 14.9. The standard InChI is InChI=1S/C19H16FN3O3S/c20-17-6-4-13(5-7-17)9-21-19-22-10-16(11-23-19)18(24)15-3-1-2-14(8-15)12-27(25)26/h1-8,10-11H,9,12H2,(H,25,26)(H,21,22,23). The molecular formula is C19H16FN3O3S. The number of carbonyl (C=O) groups is 1. The molecule has 0 radical (unpaired) electrons. The van der Waals surface area contributed by atoms with Gasteiger partial charge in [-0.05, 0) is 29.3 Å². The quantitative estimate of drug-likeness (QED) is 0.479. The highest BCUT2D eigenvalue weighted by Crippen LogP contribution is 2.13. The van der Waals surface area contributed by atoms with Gasteiger partial charge in [-0.1, -0.05) is 30.3 Å². The van der Waals surface area contributed by atoms with Crippen molar-refractivity contribution in [3.63, 3.8) is 0 Å². The molecule has 6 nitrogen and oxygen atoms in total. The van der Waals surface area contributed by atoms with Crippen molar-refractivity contribution < 1.29 is 17.9 Å². The van der Waals surface area contributed by atoms with Crippen LogP contribution in [0.25, 0.3) is 0 Å². The molecule has 1 heterocycles. The highest BCUT2D eigenvalue weighted by molar-refractivity contribution is 7.78. The van der Waals surface area contributed by atoms with E-state index in [1.807, 2.05) is 0 Å². The minimum Gasteiger partial charge on any atom is -0.350 e. The second-order valence-electron chi connectivity index (χ2n) is 5.77. The topological polar surface area (TPSA) is 92.2 Å². The minimum absolute atomic E-state index is 0.0378. The smallest absolute Gasteiger partial charge is 0.222 e. The van der Waals surface area contributed by atoms with E-state index in [0.717, 1.165) is 5.56 Å². The van der Waals surface area contributed by atoms with E-state index in [4.69, 9.17) is 4.55 Å². The number of hydrogen-bond acceptors (Lipinski definition) is 5. The second kappa shape index (κ2) is 8.61. The normalized spacial score (nSPS) is 11.8. The zero-order valence-electron chi connectivity index (χ0n) is 14.1. The van der Waals surface area contributed by atoms with Crippen LogP contribution in [0.1, 0.15) is 27.0 Å². The molecule has 1 aromatic heterocycles. The molecule has 8 heteroatoms. The highest BCUT2D eigenvalue weighted by atomic mass is 32.2. The van der Waals surface area contributed by atoms with Crippen LogP contribution in [0.15, 0.2) is 60.9 Å². The summed E-state index contributed by atoms with van der Waals surface area (Å²) in [6.45, 7) is 0.425. The maximum Gasteiger partial charge on any atom is 0.222 e. The van der Waals surface area contributed by atoms with Crippen LogP contribution >= 0.6 is 0 Å². The fraction of sp³-hybridized carbons (Fsp3) is 0.105. The molecule has 1 unspecified atom stereocenters. The predicted molar refractivity (Wildman–Crippen MR) is 100 cm³/mol. The number of anilines is 1. The van der Waals surface area contributed by atoms with Gasteiger partial charge in [0, 0.05) is 24.5 Å². The van der Waals surface area contributed by atoms with Gasteiger partial charge in [0.15, 0.2) is 16.9 Å². The SMILES string of the molecule is O=C(c1cnc(NCc2ccc(F)cc2)nc1)c1cccc(CS(=O)O)c1. The van der Waals surface area contributed by atoms with Crippen LogP contribution in [0, 0.1) is 5.82 Å². The van der Waals surface area contributed by atoms with Gasteiger partial charge in [-0.25, -0.2) is 18.6 Å². The summed E-state index contributed by atoms with van der Waals surface area (Å²) in [5.74, 6) is -0.262. The summed E-state index contributed by atoms with van der Waals surface area (Å²) < 4.78 is 32.8. The van der Waals surface area contributed by atoms with Gasteiger partial charge in [0.05, 0.1) is 11.3 Å². The Balaban J connectivity index is 1.66. The van der Waals surface area contributed by atoms with Crippen molar-refractivity contribution in [2.45, 2.75) is 12.3 Å². The molecule has 2 N–H and O–H groups in total. The lowest BCUT2D eigenvalue weighted by atomic mass is 10.0. The molecule has 0 fully saturated rings. The Bertz CT molecular complexity index is 963. The maximum atomic E-state index is 12.9. The van der Waals surface area contributed by atoms with Crippen molar-refractivity contribution >= 4 is 22.8 Å². The molecule has 3 rings (SSSR count). The number of hydrogen-bond donors (Lipinski definition) is 2. The van der Waals surface area contributed by atoms with Crippen LogP contribution in [-0.2, 0) is 23.4 Å². The Hall–Kier alpha value is -2.97. The zero-order chi connectivity index (χ0) is 19.2. The van der Waals surface area contributed by atoms with E-state index in [1.54, 1.807) is 36.4 Å². The van der Waals surface area contributed by atoms with Crippen molar-refractivity contribution in [1.29, 1.82) is 0 Å². The summed E-state index contributed by atoms with van der Waals surface area (Å²) in [6, 6.07) is 12.6. The van der Waals surface area contributed by atoms with E-state index in [1.165, 1.54) is 24.5 Å². The van der Waals surface area contributed by atoms with Gasteiger partial charge in [-0.15, -0.1) is 0 Å². The van der Waals surface area contributed by atoms with Gasteiger partial charge in [0.25, 0.3) is 0 Å². The summed E-state index contributed by atoms with van der Waals surface area (Å²) in [7, 11) is 0. The molecule has 138 valence electrons. The lowest BCUT2D eigenvalue weighted by molar-refractivity contribution is 0.103. The fourth-order valence-electron chi connectivity index (χ4n) is 2.43. The molecule has 0 aliphatic carbocycles. The molecule has 0 saturated carbocycles. The summed E-state index contributed by atoms with van der Waals surface area (Å²) in [4.78, 5) is 20.8. The van der Waals surface area contributed by atoms with Crippen molar-refractivity contribution in [3.8, 4) is 0 Å². The first-order valence-corrected chi connectivity index (χ1v) is 9.30. The maximum absolute atomic E-state index is 12.9. The van der Waals surface area contributed by atoms with Crippen LogP contribution in [-0.4, -0.2) is 24.5 Å². The third-order valence-corrected chi connectivity index (χ3v) is 4.34. The predicted octanol–water partition coefficient (Wildman–Crippen LogP) is 3.18. The Labute approximate surface area is 157 Å². The summed E-state index contributed by atoms with van der Waals surface area (Å²) in [6.07, 6.45) is 2.83. The van der Waals surface area contributed by atoms with Gasteiger partial charge >= 0.3 is 0 Å². The summed E-state index contributed by atoms with van der Waals surface area (Å²) in [5, 5.41) is 3.00. The van der Waals surface area contributed by atoms with E-state index in [2.05, 4.69) is 15.3 Å². The first-order valence-electron chi connectivity index (χ1n) is 8.03. The fourth-order valence-corrected chi connectivity index (χ4v) is 2.90. The van der Waals surface area contributed by atoms with Gasteiger partial charge in [-0.3, -0.25) is 4.79 Å². The number of nitrogens with zero attached hydrogens (tertiary/aromatic N) is 2. The average molecular weight is 385 g/mol. The number of carbonyl (C=O) groups excluding carboxylic acids is 1. The van der Waals surface area contributed by atoms with Crippen molar-refractivity contribution in [2.75, 3.05) is 5.32 Å². The second-order valence-corrected chi connectivity index (χ2v) is 6.70. The number of rotatable bonds is 7. The molecule has 0 aliphatic rings. The molecule has 3 aromatic rings. The molecular weight excluding hydrogens is 369 g/mol. The Morgan fingerprint density at radius 2 is 1.74 bits per heavy atom. The minimum atomic E-state index is -1.97. The highest BCUT2D eigenvalue weighted by Gasteiger charge is 2.11. The van der Waals surface area contributed by atoms with Gasteiger partial charge < -0.3 is 9.87 Å². The molecule has 27 heavy (non-hydrogen) atoms. The number of halogens is 1. The van der Waals surface area contributed by atoms with E-state index < -0.39 is 11.1 Å². The molecule has 0 bridgehead atoms. The number of aromatic nitrogens is 2. The monoisotopic (exact) mass is 385 g/mol. The molecule has 0 amide bonds. The van der Waals surface area contributed by atoms with Crippen molar-refractivity contribution in [3.05, 3.63) is 89.0 Å². The molecule has 1 atom stereocenters. The summed E-state index contributed by atoms with van der Waals surface area (Å²) in [5.41, 5.74) is 2.18. The van der Waals surface area contributed by atoms with Crippen molar-refractivity contribution in [1.82, 2.24) is 9.97 Å². The van der Waals surface area contributed by atoms with Crippen LogP contribution in [0.2, 0.25) is 0 Å². The number of nitrogens with one attached hydrogen (secondary N) is 1. The van der Waals surface area contributed by atoms with Crippen LogP contribution in [0.4, 0.5) is 10.3 Å². The van der Waals surface area contributed by atoms with Crippen LogP contribution in [0.3, 0.4) is 0 Å². The average Bonchev–Trinajstić information content (AvgIpc) is 2.67. The molecule has 0 saturated heterocycles. The summed E-state index contributed by atoms with van der Waals surface area (Å²) >= 11 is -1.97. The number of benzene rings is 2. The van der Waals surface area contributed by atoms with E-state index in [0.29, 0.717) is 29.2 Å². The van der Waals surface area contributed by atoms with Crippen LogP contribution in [0.5, 0.6) is 0 Å². The Morgan fingerprint density at radius 1 is 1.04 bits per heavy atom. The molecule has 2 aromatic carbocycles. The van der Waals surface area contributed by atoms with Crippen LogP contribution < -0.4 is 5.32 Å². The number of ketones is 1. The molecule has 0 spiro atoms. The Kier molecular flexibility index (Phi) is 6.00. The lowest BCUT2D eigenvalue weighted by Crippen LogP contribution is -2.07. The lowest BCUT2D eigenvalue weighted by Gasteiger charge is -2.06. The molecule has 0 aliphatic heterocycles. The van der Waals surface area contributed by atoms with E-state index >= 15 is 0 Å². The van der Waals surface area contributed by atoms with Gasteiger partial charge in [-0.2, -0.15) is 0 Å². The van der Waals surface area contributed by atoms with E-state index in [-0.39, 0.29) is 17.4 Å². The Morgan fingerprint density at radius 3 is 2.41 bits per heavy atom. The first kappa shape index (κ1) is 18.8. The van der Waals surface area contributed by atoms with Gasteiger partial charge in [0.1, 0.15) is 5.82 Å². The first-order chi connectivity index (χ1) is 13.0. The van der Waals surface area contributed by atoms with E-state index in [9.17, 15) is 13.4 Å². The van der Waals surface area contributed by atoms with Crippen molar-refractivity contribution in [2.24, 2.45) is 0 Å². The third-order valence-electron chi connectivity index (χ3n) is 3.76. The third kappa shape index (κ3) is 5.25.